The minimum Gasteiger partial charge on any atom is -0.321 e. The van der Waals surface area contributed by atoms with Crippen molar-refractivity contribution in [1.29, 1.82) is 0 Å². The Morgan fingerprint density at radius 1 is 1.61 bits per heavy atom. The van der Waals surface area contributed by atoms with Crippen molar-refractivity contribution < 1.29 is 4.79 Å². The van der Waals surface area contributed by atoms with Crippen molar-refractivity contribution in [2.75, 3.05) is 18.4 Å². The molecule has 6 heteroatoms. The van der Waals surface area contributed by atoms with Crippen LogP contribution in [0.2, 0.25) is 0 Å². The summed E-state index contributed by atoms with van der Waals surface area (Å²) >= 11 is 0. The standard InChI is InChI=1S/C12H18N4O2/c1-5-16(8-9(2)3)12(18)14-10-11(17)15(4)7-6-13-10/h6-7H,2,5,8H2,1,3-4H3,(H,13,14,18). The van der Waals surface area contributed by atoms with E-state index in [1.54, 1.807) is 11.9 Å². The SMILES string of the molecule is C=C(C)CN(CC)C(=O)Nc1nccn(C)c1=O. The molecule has 0 bridgehead atoms. The van der Waals surface area contributed by atoms with Gasteiger partial charge in [0.1, 0.15) is 0 Å². The van der Waals surface area contributed by atoms with Gasteiger partial charge in [-0.1, -0.05) is 12.2 Å². The third-order valence-corrected chi connectivity index (χ3v) is 2.37. The molecule has 0 saturated carbocycles. The predicted octanol–water partition coefficient (Wildman–Crippen LogP) is 1.21. The van der Waals surface area contributed by atoms with Crippen LogP contribution in [0.5, 0.6) is 0 Å². The number of hydrogen-bond donors (Lipinski definition) is 1. The number of anilines is 1. The highest BCUT2D eigenvalue weighted by Crippen LogP contribution is 2.00. The van der Waals surface area contributed by atoms with Crippen LogP contribution in [0, 0.1) is 0 Å². The number of aryl methyl sites for hydroxylation is 1. The van der Waals surface area contributed by atoms with E-state index in [-0.39, 0.29) is 17.4 Å². The van der Waals surface area contributed by atoms with Gasteiger partial charge in [0.2, 0.25) is 5.82 Å². The van der Waals surface area contributed by atoms with Gasteiger partial charge in [-0.2, -0.15) is 0 Å². The van der Waals surface area contributed by atoms with E-state index in [0.717, 1.165) is 5.57 Å². The summed E-state index contributed by atoms with van der Waals surface area (Å²) in [6.07, 6.45) is 3.00. The maximum Gasteiger partial charge on any atom is 0.323 e. The van der Waals surface area contributed by atoms with Crippen molar-refractivity contribution in [2.24, 2.45) is 7.05 Å². The maximum atomic E-state index is 11.9. The summed E-state index contributed by atoms with van der Waals surface area (Å²) in [6.45, 7) is 8.45. The molecule has 0 unspecified atom stereocenters. The average Bonchev–Trinajstić information content (AvgIpc) is 2.31. The molecule has 0 spiro atoms. The van der Waals surface area contributed by atoms with Gasteiger partial charge >= 0.3 is 6.03 Å². The van der Waals surface area contributed by atoms with E-state index in [4.69, 9.17) is 0 Å². The van der Waals surface area contributed by atoms with E-state index in [1.807, 2.05) is 13.8 Å². The molecule has 0 atom stereocenters. The minimum absolute atomic E-state index is 0.0326. The van der Waals surface area contributed by atoms with Gasteiger partial charge in [-0.3, -0.25) is 10.1 Å². The molecule has 1 rings (SSSR count). The largest absolute Gasteiger partial charge is 0.323 e. The number of amides is 2. The number of urea groups is 1. The smallest absolute Gasteiger partial charge is 0.321 e. The molecule has 0 aromatic carbocycles. The van der Waals surface area contributed by atoms with Crippen LogP contribution in [-0.2, 0) is 7.05 Å². The molecule has 0 fully saturated rings. The summed E-state index contributed by atoms with van der Waals surface area (Å²) < 4.78 is 1.36. The lowest BCUT2D eigenvalue weighted by molar-refractivity contribution is 0.218. The van der Waals surface area contributed by atoms with Crippen molar-refractivity contribution in [2.45, 2.75) is 13.8 Å². The Morgan fingerprint density at radius 2 is 2.28 bits per heavy atom. The monoisotopic (exact) mass is 250 g/mol. The van der Waals surface area contributed by atoms with Gasteiger partial charge in [0.25, 0.3) is 5.56 Å². The van der Waals surface area contributed by atoms with E-state index in [9.17, 15) is 9.59 Å². The highest BCUT2D eigenvalue weighted by atomic mass is 16.2. The molecule has 1 aromatic rings. The number of carbonyl (C=O) groups is 1. The summed E-state index contributed by atoms with van der Waals surface area (Å²) in [7, 11) is 1.60. The summed E-state index contributed by atoms with van der Waals surface area (Å²) in [5, 5.41) is 2.51. The molecule has 0 aliphatic heterocycles. The zero-order valence-electron chi connectivity index (χ0n) is 10.9. The first-order valence-electron chi connectivity index (χ1n) is 5.67. The lowest BCUT2D eigenvalue weighted by Crippen LogP contribution is -2.38. The van der Waals surface area contributed by atoms with E-state index in [0.29, 0.717) is 13.1 Å². The Balaban J connectivity index is 2.83. The van der Waals surface area contributed by atoms with Crippen LogP contribution < -0.4 is 10.9 Å². The number of nitrogens with one attached hydrogen (secondary N) is 1. The Kier molecular flexibility index (Phi) is 4.65. The van der Waals surface area contributed by atoms with Crippen molar-refractivity contribution in [3.05, 3.63) is 34.9 Å². The first-order valence-corrected chi connectivity index (χ1v) is 5.67. The molecule has 2 amide bonds. The van der Waals surface area contributed by atoms with Crippen LogP contribution in [-0.4, -0.2) is 33.6 Å². The molecule has 6 nitrogen and oxygen atoms in total. The Bertz CT molecular complexity index is 507. The summed E-state index contributed by atoms with van der Waals surface area (Å²) in [4.78, 5) is 29.0. The van der Waals surface area contributed by atoms with E-state index in [2.05, 4.69) is 16.9 Å². The molecule has 0 aliphatic carbocycles. The molecule has 98 valence electrons. The lowest BCUT2D eigenvalue weighted by atomic mass is 10.3. The highest BCUT2D eigenvalue weighted by molar-refractivity contribution is 5.88. The zero-order chi connectivity index (χ0) is 13.7. The molecular formula is C12H18N4O2. The lowest BCUT2D eigenvalue weighted by Gasteiger charge is -2.20. The molecular weight excluding hydrogens is 232 g/mol. The molecule has 1 heterocycles. The van der Waals surface area contributed by atoms with Crippen LogP contribution in [0.4, 0.5) is 10.6 Å². The second-order valence-corrected chi connectivity index (χ2v) is 4.09. The van der Waals surface area contributed by atoms with Crippen LogP contribution >= 0.6 is 0 Å². The van der Waals surface area contributed by atoms with Crippen molar-refractivity contribution in [3.8, 4) is 0 Å². The number of likely N-dealkylation sites (N-methyl/N-ethyl adjacent to an activating group) is 1. The normalized spacial score (nSPS) is 9.94. The first kappa shape index (κ1) is 14.0. The van der Waals surface area contributed by atoms with Crippen LogP contribution in [0.3, 0.4) is 0 Å². The molecule has 0 saturated heterocycles. The second kappa shape index (κ2) is 6.00. The van der Waals surface area contributed by atoms with Gasteiger partial charge < -0.3 is 9.47 Å². The van der Waals surface area contributed by atoms with Crippen LogP contribution in [0.15, 0.2) is 29.3 Å². The van der Waals surface area contributed by atoms with Gasteiger partial charge in [-0.05, 0) is 13.8 Å². The fourth-order valence-corrected chi connectivity index (χ4v) is 1.42. The predicted molar refractivity (Wildman–Crippen MR) is 70.6 cm³/mol. The van der Waals surface area contributed by atoms with Gasteiger partial charge in [-0.15, -0.1) is 0 Å². The minimum atomic E-state index is -0.351. The molecule has 1 N–H and O–H groups in total. The van der Waals surface area contributed by atoms with E-state index in [1.165, 1.54) is 17.0 Å². The number of hydrogen-bond acceptors (Lipinski definition) is 3. The highest BCUT2D eigenvalue weighted by Gasteiger charge is 2.14. The van der Waals surface area contributed by atoms with Crippen LogP contribution in [0.1, 0.15) is 13.8 Å². The topological polar surface area (TPSA) is 67.2 Å². The van der Waals surface area contributed by atoms with Gasteiger partial charge in [0.05, 0.1) is 0 Å². The molecule has 1 aromatic heterocycles. The maximum absolute atomic E-state index is 11.9. The van der Waals surface area contributed by atoms with Crippen molar-refractivity contribution >= 4 is 11.8 Å². The molecule has 0 radical (unpaired) electrons. The Hall–Kier alpha value is -2.11. The number of carbonyl (C=O) groups excluding carboxylic acids is 1. The van der Waals surface area contributed by atoms with Gasteiger partial charge in [0, 0.05) is 32.5 Å². The average molecular weight is 250 g/mol. The number of rotatable bonds is 4. The summed E-state index contributed by atoms with van der Waals surface area (Å²) in [5.74, 6) is 0.0326. The third-order valence-electron chi connectivity index (χ3n) is 2.37. The van der Waals surface area contributed by atoms with Gasteiger partial charge in [0.15, 0.2) is 0 Å². The Morgan fingerprint density at radius 3 is 2.83 bits per heavy atom. The first-order chi connectivity index (χ1) is 8.45. The number of nitrogens with zero attached hydrogens (tertiary/aromatic N) is 3. The fourth-order valence-electron chi connectivity index (χ4n) is 1.42. The Labute approximate surface area is 106 Å². The third kappa shape index (κ3) is 3.44. The zero-order valence-corrected chi connectivity index (χ0v) is 10.9. The summed E-state index contributed by atoms with van der Waals surface area (Å²) in [5.41, 5.74) is 0.540. The molecule has 0 aliphatic rings. The van der Waals surface area contributed by atoms with Crippen molar-refractivity contribution in [3.63, 3.8) is 0 Å². The van der Waals surface area contributed by atoms with Crippen molar-refractivity contribution in [1.82, 2.24) is 14.5 Å². The van der Waals surface area contributed by atoms with E-state index >= 15 is 0 Å². The van der Waals surface area contributed by atoms with Gasteiger partial charge in [-0.25, -0.2) is 9.78 Å². The van der Waals surface area contributed by atoms with E-state index < -0.39 is 0 Å². The fraction of sp³-hybridized carbons (Fsp3) is 0.417. The number of aromatic nitrogens is 2. The molecule has 18 heavy (non-hydrogen) atoms. The summed E-state index contributed by atoms with van der Waals surface area (Å²) in [6, 6.07) is -0.351. The second-order valence-electron chi connectivity index (χ2n) is 4.09. The quantitative estimate of drug-likeness (QED) is 0.817. The van der Waals surface area contributed by atoms with Crippen LogP contribution in [0.25, 0.3) is 0 Å².